The molecule has 1 aliphatic rings. The monoisotopic (exact) mass is 220 g/mol. The Morgan fingerprint density at radius 3 is 2.25 bits per heavy atom. The second kappa shape index (κ2) is 4.92. The van der Waals surface area contributed by atoms with Crippen molar-refractivity contribution in [2.45, 2.75) is 12.8 Å². The van der Waals surface area contributed by atoms with Gasteiger partial charge in [-0.2, -0.15) is 0 Å². The third-order valence-corrected chi connectivity index (χ3v) is 2.57. The van der Waals surface area contributed by atoms with E-state index in [1.807, 2.05) is 18.2 Å². The average molecular weight is 220 g/mol. The summed E-state index contributed by atoms with van der Waals surface area (Å²) >= 11 is 0. The first-order valence-corrected chi connectivity index (χ1v) is 5.40. The lowest BCUT2D eigenvalue weighted by molar-refractivity contribution is 0.258. The maximum absolute atomic E-state index is 5.61. The fourth-order valence-electron chi connectivity index (χ4n) is 1.71. The normalized spacial score (nSPS) is 15.0. The Labute approximate surface area is 95.6 Å². The summed E-state index contributed by atoms with van der Waals surface area (Å²) < 4.78 is 16.1. The maximum atomic E-state index is 5.61. The summed E-state index contributed by atoms with van der Waals surface area (Å²) in [4.78, 5) is 0. The Morgan fingerprint density at radius 2 is 1.75 bits per heavy atom. The lowest BCUT2D eigenvalue weighted by Gasteiger charge is -2.16. The van der Waals surface area contributed by atoms with Gasteiger partial charge in [0.15, 0.2) is 0 Å². The highest BCUT2D eigenvalue weighted by Crippen LogP contribution is 2.29. The summed E-state index contributed by atoms with van der Waals surface area (Å²) in [7, 11) is 3.29. The van der Waals surface area contributed by atoms with Gasteiger partial charge in [-0.25, -0.2) is 0 Å². The van der Waals surface area contributed by atoms with Crippen molar-refractivity contribution in [1.82, 2.24) is 0 Å². The van der Waals surface area contributed by atoms with Crippen LogP contribution in [0.1, 0.15) is 18.4 Å². The van der Waals surface area contributed by atoms with Crippen molar-refractivity contribution in [2.75, 3.05) is 20.8 Å². The molecule has 0 radical (unpaired) electrons. The van der Waals surface area contributed by atoms with Crippen LogP contribution < -0.4 is 9.47 Å². The third kappa shape index (κ3) is 2.30. The standard InChI is InChI=1S/C13H16O3/c1-14-11-7-10(8-12(9-11)15-2)13-5-3-4-6-16-13/h5,7-9H,3-4,6H2,1-2H3. The van der Waals surface area contributed by atoms with Gasteiger partial charge < -0.3 is 14.2 Å². The summed E-state index contributed by atoms with van der Waals surface area (Å²) in [5.74, 6) is 2.48. The topological polar surface area (TPSA) is 27.7 Å². The minimum Gasteiger partial charge on any atom is -0.497 e. The number of benzene rings is 1. The van der Waals surface area contributed by atoms with Gasteiger partial charge >= 0.3 is 0 Å². The van der Waals surface area contributed by atoms with Crippen LogP contribution in [0.25, 0.3) is 5.76 Å². The van der Waals surface area contributed by atoms with E-state index in [1.165, 1.54) is 0 Å². The summed E-state index contributed by atoms with van der Waals surface area (Å²) in [5, 5.41) is 0. The van der Waals surface area contributed by atoms with Crippen LogP contribution in [0, 0.1) is 0 Å². The summed E-state index contributed by atoms with van der Waals surface area (Å²) in [6.45, 7) is 0.783. The minimum atomic E-state index is 0.782. The number of methoxy groups -OCH3 is 2. The van der Waals surface area contributed by atoms with E-state index in [2.05, 4.69) is 6.08 Å². The predicted molar refractivity (Wildman–Crippen MR) is 62.7 cm³/mol. The van der Waals surface area contributed by atoms with Gasteiger partial charge in [0.05, 0.1) is 20.8 Å². The number of hydrogen-bond donors (Lipinski definition) is 0. The van der Waals surface area contributed by atoms with Gasteiger partial charge in [-0.05, 0) is 31.1 Å². The van der Waals surface area contributed by atoms with Gasteiger partial charge in [0, 0.05) is 11.6 Å². The van der Waals surface area contributed by atoms with Gasteiger partial charge in [-0.15, -0.1) is 0 Å². The van der Waals surface area contributed by atoms with Crippen molar-refractivity contribution in [3.63, 3.8) is 0 Å². The molecular weight excluding hydrogens is 204 g/mol. The quantitative estimate of drug-likeness (QED) is 0.784. The Balaban J connectivity index is 2.35. The Hall–Kier alpha value is -1.64. The van der Waals surface area contributed by atoms with E-state index in [0.717, 1.165) is 42.3 Å². The van der Waals surface area contributed by atoms with Crippen molar-refractivity contribution < 1.29 is 14.2 Å². The van der Waals surface area contributed by atoms with Gasteiger partial charge in [-0.3, -0.25) is 0 Å². The Kier molecular flexibility index (Phi) is 3.34. The van der Waals surface area contributed by atoms with Crippen molar-refractivity contribution in [3.8, 4) is 11.5 Å². The minimum absolute atomic E-state index is 0.782. The second-order valence-electron chi connectivity index (χ2n) is 3.66. The molecule has 0 N–H and O–H groups in total. The zero-order valence-electron chi connectivity index (χ0n) is 9.66. The molecule has 0 atom stereocenters. The lowest BCUT2D eigenvalue weighted by Crippen LogP contribution is -2.01. The molecule has 0 aromatic heterocycles. The van der Waals surface area contributed by atoms with E-state index in [1.54, 1.807) is 14.2 Å². The smallest absolute Gasteiger partial charge is 0.123 e. The fraction of sp³-hybridized carbons (Fsp3) is 0.385. The summed E-state index contributed by atoms with van der Waals surface area (Å²) in [5.41, 5.74) is 1.01. The van der Waals surface area contributed by atoms with E-state index >= 15 is 0 Å². The largest absolute Gasteiger partial charge is 0.497 e. The third-order valence-electron chi connectivity index (χ3n) is 2.57. The molecule has 0 bridgehead atoms. The molecule has 0 spiro atoms. The molecular formula is C13H16O3. The van der Waals surface area contributed by atoms with Crippen molar-refractivity contribution >= 4 is 5.76 Å². The van der Waals surface area contributed by atoms with E-state index in [9.17, 15) is 0 Å². The molecule has 0 amide bonds. The molecule has 1 aromatic carbocycles. The molecule has 0 fully saturated rings. The van der Waals surface area contributed by atoms with Crippen LogP contribution in [0.15, 0.2) is 24.3 Å². The number of rotatable bonds is 3. The molecule has 1 aromatic rings. The van der Waals surface area contributed by atoms with Crippen LogP contribution in [0.5, 0.6) is 11.5 Å². The Bertz CT molecular complexity index is 374. The van der Waals surface area contributed by atoms with Crippen LogP contribution in [-0.2, 0) is 4.74 Å². The van der Waals surface area contributed by atoms with Crippen LogP contribution in [0.3, 0.4) is 0 Å². The summed E-state index contributed by atoms with van der Waals surface area (Å²) in [6.07, 6.45) is 4.26. The molecule has 0 unspecified atom stereocenters. The molecule has 3 heteroatoms. The molecule has 0 saturated carbocycles. The lowest BCUT2D eigenvalue weighted by atomic mass is 10.1. The number of ether oxygens (including phenoxy) is 3. The van der Waals surface area contributed by atoms with Crippen LogP contribution in [0.2, 0.25) is 0 Å². The van der Waals surface area contributed by atoms with E-state index in [4.69, 9.17) is 14.2 Å². The molecule has 3 nitrogen and oxygen atoms in total. The highest BCUT2D eigenvalue weighted by atomic mass is 16.5. The van der Waals surface area contributed by atoms with Crippen molar-refractivity contribution in [3.05, 3.63) is 29.8 Å². The van der Waals surface area contributed by atoms with Gasteiger partial charge in [-0.1, -0.05) is 0 Å². The van der Waals surface area contributed by atoms with E-state index in [-0.39, 0.29) is 0 Å². The molecule has 1 aliphatic heterocycles. The first kappa shape index (κ1) is 10.9. The number of allylic oxidation sites excluding steroid dienone is 1. The van der Waals surface area contributed by atoms with Crippen LogP contribution >= 0.6 is 0 Å². The van der Waals surface area contributed by atoms with Gasteiger partial charge in [0.2, 0.25) is 0 Å². The molecule has 0 saturated heterocycles. The van der Waals surface area contributed by atoms with Gasteiger partial charge in [0.1, 0.15) is 17.3 Å². The zero-order chi connectivity index (χ0) is 11.4. The summed E-state index contributed by atoms with van der Waals surface area (Å²) in [6, 6.07) is 5.77. The first-order chi connectivity index (χ1) is 7.83. The van der Waals surface area contributed by atoms with Crippen LogP contribution in [0.4, 0.5) is 0 Å². The fourth-order valence-corrected chi connectivity index (χ4v) is 1.71. The van der Waals surface area contributed by atoms with E-state index < -0.39 is 0 Å². The molecule has 16 heavy (non-hydrogen) atoms. The van der Waals surface area contributed by atoms with Crippen molar-refractivity contribution in [1.29, 1.82) is 0 Å². The van der Waals surface area contributed by atoms with Crippen LogP contribution in [-0.4, -0.2) is 20.8 Å². The molecule has 0 aliphatic carbocycles. The van der Waals surface area contributed by atoms with Crippen molar-refractivity contribution in [2.24, 2.45) is 0 Å². The number of hydrogen-bond acceptors (Lipinski definition) is 3. The highest BCUT2D eigenvalue weighted by molar-refractivity contribution is 5.63. The average Bonchev–Trinajstić information content (AvgIpc) is 2.39. The molecule has 2 rings (SSSR count). The zero-order valence-corrected chi connectivity index (χ0v) is 9.66. The molecule has 86 valence electrons. The van der Waals surface area contributed by atoms with Gasteiger partial charge in [0.25, 0.3) is 0 Å². The second-order valence-corrected chi connectivity index (χ2v) is 3.66. The van der Waals surface area contributed by atoms with E-state index in [0.29, 0.717) is 0 Å². The SMILES string of the molecule is COc1cc(OC)cc(C2=CCCCO2)c1. The molecule has 1 heterocycles. The first-order valence-electron chi connectivity index (χ1n) is 5.40. The predicted octanol–water partition coefficient (Wildman–Crippen LogP) is 2.86. The highest BCUT2D eigenvalue weighted by Gasteiger charge is 2.10. The Morgan fingerprint density at radius 1 is 1.06 bits per heavy atom. The maximum Gasteiger partial charge on any atom is 0.123 e.